The number of amides is 3. The van der Waals surface area contributed by atoms with Crippen LogP contribution in [0.2, 0.25) is 0 Å². The fraction of sp³-hybridized carbons (Fsp3) is 0.609. The highest BCUT2D eigenvalue weighted by molar-refractivity contribution is 5.95. The van der Waals surface area contributed by atoms with Crippen LogP contribution in [0.15, 0.2) is 24.3 Å². The number of rotatable bonds is 7. The van der Waals surface area contributed by atoms with Gasteiger partial charge in [-0.15, -0.1) is 0 Å². The minimum atomic E-state index is -1.08. The van der Waals surface area contributed by atoms with Gasteiger partial charge in [0.2, 0.25) is 11.8 Å². The van der Waals surface area contributed by atoms with Crippen LogP contribution in [0.5, 0.6) is 5.75 Å². The Balaban J connectivity index is 1.27. The lowest BCUT2D eigenvalue weighted by molar-refractivity contribution is -0.231. The largest absolute Gasteiger partial charge is 0.497 e. The van der Waals surface area contributed by atoms with Crippen LogP contribution in [0.3, 0.4) is 0 Å². The van der Waals surface area contributed by atoms with E-state index in [0.717, 1.165) is 0 Å². The van der Waals surface area contributed by atoms with Crippen LogP contribution in [0.25, 0.3) is 0 Å². The molecule has 5 atom stereocenters. The Morgan fingerprint density at radius 2 is 1.43 bits per heavy atom. The number of methoxy groups -OCH3 is 1. The summed E-state index contributed by atoms with van der Waals surface area (Å²) in [6, 6.07) is 6.76. The molecule has 3 saturated heterocycles. The van der Waals surface area contributed by atoms with Crippen molar-refractivity contribution in [2.75, 3.05) is 25.5 Å². The lowest BCUT2D eigenvalue weighted by Gasteiger charge is -2.36. The molecule has 3 aliphatic heterocycles. The van der Waals surface area contributed by atoms with Crippen LogP contribution in [-0.2, 0) is 38.1 Å². The molecule has 0 aliphatic carbocycles. The van der Waals surface area contributed by atoms with E-state index >= 15 is 0 Å². The minimum absolute atomic E-state index is 0.263. The smallest absolute Gasteiger partial charge is 0.252 e. The first-order chi connectivity index (χ1) is 16.5. The van der Waals surface area contributed by atoms with Gasteiger partial charge < -0.3 is 44.4 Å². The van der Waals surface area contributed by atoms with Gasteiger partial charge in [-0.3, -0.25) is 14.4 Å². The first kappa shape index (κ1) is 25.3. The molecular weight excluding hydrogens is 462 g/mol. The number of hydrogen-bond acceptors (Lipinski definition) is 9. The van der Waals surface area contributed by atoms with E-state index in [9.17, 15) is 14.4 Å². The Labute approximate surface area is 202 Å². The number of hydrogen-bond donors (Lipinski definition) is 3. The van der Waals surface area contributed by atoms with Gasteiger partial charge in [-0.2, -0.15) is 0 Å². The maximum Gasteiger partial charge on any atom is 0.252 e. The number of carbonyl (C=O) groups excluding carboxylic acids is 3. The molecule has 3 heterocycles. The van der Waals surface area contributed by atoms with E-state index in [4.69, 9.17) is 28.4 Å². The Kier molecular flexibility index (Phi) is 7.02. The van der Waals surface area contributed by atoms with Crippen molar-refractivity contribution in [3.63, 3.8) is 0 Å². The van der Waals surface area contributed by atoms with E-state index in [1.54, 1.807) is 59.1 Å². The van der Waals surface area contributed by atoms with Crippen molar-refractivity contribution in [1.82, 2.24) is 10.6 Å². The predicted molar refractivity (Wildman–Crippen MR) is 120 cm³/mol. The van der Waals surface area contributed by atoms with E-state index in [0.29, 0.717) is 11.4 Å². The predicted octanol–water partition coefficient (Wildman–Crippen LogP) is 0.263. The second kappa shape index (κ2) is 9.70. The number of ether oxygens (including phenoxy) is 6. The summed E-state index contributed by atoms with van der Waals surface area (Å²) in [5, 5.41) is 7.64. The molecule has 12 nitrogen and oxygen atoms in total. The number of benzene rings is 1. The summed E-state index contributed by atoms with van der Waals surface area (Å²) >= 11 is 0. The molecule has 0 saturated carbocycles. The third-order valence-electron chi connectivity index (χ3n) is 5.66. The van der Waals surface area contributed by atoms with Crippen molar-refractivity contribution in [3.05, 3.63) is 24.3 Å². The molecule has 4 rings (SSSR count). The van der Waals surface area contributed by atoms with Crippen molar-refractivity contribution in [2.24, 2.45) is 0 Å². The van der Waals surface area contributed by atoms with E-state index in [1.807, 2.05) is 0 Å². The zero-order valence-electron chi connectivity index (χ0n) is 20.3. The first-order valence-electron chi connectivity index (χ1n) is 11.3. The summed E-state index contributed by atoms with van der Waals surface area (Å²) in [5.74, 6) is -2.72. The molecule has 192 valence electrons. The van der Waals surface area contributed by atoms with E-state index in [-0.39, 0.29) is 13.1 Å². The zero-order chi connectivity index (χ0) is 25.4. The molecule has 0 radical (unpaired) electrons. The topological polar surface area (TPSA) is 143 Å². The van der Waals surface area contributed by atoms with Gasteiger partial charge in [-0.05, 0) is 52.0 Å². The summed E-state index contributed by atoms with van der Waals surface area (Å²) in [7, 11) is 1.55. The van der Waals surface area contributed by atoms with Crippen LogP contribution in [0, 0.1) is 0 Å². The number of carbonyl (C=O) groups is 3. The van der Waals surface area contributed by atoms with Crippen molar-refractivity contribution < 1.29 is 42.8 Å². The van der Waals surface area contributed by atoms with Gasteiger partial charge >= 0.3 is 0 Å². The highest BCUT2D eigenvalue weighted by Crippen LogP contribution is 2.44. The monoisotopic (exact) mass is 493 g/mol. The number of nitrogens with one attached hydrogen (secondary N) is 3. The quantitative estimate of drug-likeness (QED) is 0.487. The van der Waals surface area contributed by atoms with Crippen molar-refractivity contribution in [3.8, 4) is 5.75 Å². The van der Waals surface area contributed by atoms with Gasteiger partial charge in [0, 0.05) is 5.69 Å². The van der Waals surface area contributed by atoms with Gasteiger partial charge in [0.15, 0.2) is 24.0 Å². The maximum absolute atomic E-state index is 12.9. The Bertz CT molecular complexity index is 965. The summed E-state index contributed by atoms with van der Waals surface area (Å²) in [6.45, 7) is 6.35. The van der Waals surface area contributed by atoms with Gasteiger partial charge in [-0.1, -0.05) is 0 Å². The van der Waals surface area contributed by atoms with Gasteiger partial charge in [0.1, 0.15) is 24.1 Å². The van der Waals surface area contributed by atoms with Crippen molar-refractivity contribution in [1.29, 1.82) is 0 Å². The SMILES string of the molecule is COc1ccc(NC(=O)CNC(=O)CNC(=O)[C@H]2O[C@H]3OC(C)(C)O[C@@H]3[C@@H]3OC(C)(C)O[C@H]32)cc1. The molecule has 0 unspecified atom stereocenters. The second-order valence-corrected chi connectivity index (χ2v) is 9.36. The molecule has 3 aliphatic rings. The summed E-state index contributed by atoms with van der Waals surface area (Å²) < 4.78 is 34.5. The van der Waals surface area contributed by atoms with E-state index in [2.05, 4.69) is 16.0 Å². The summed E-state index contributed by atoms with van der Waals surface area (Å²) in [5.41, 5.74) is 0.559. The van der Waals surface area contributed by atoms with Gasteiger partial charge in [0.25, 0.3) is 5.91 Å². The molecule has 1 aromatic rings. The Morgan fingerprint density at radius 3 is 2.11 bits per heavy atom. The maximum atomic E-state index is 12.9. The minimum Gasteiger partial charge on any atom is -0.497 e. The summed E-state index contributed by atoms with van der Waals surface area (Å²) in [6.07, 6.45) is -3.80. The molecule has 0 aromatic heterocycles. The molecule has 35 heavy (non-hydrogen) atoms. The van der Waals surface area contributed by atoms with Crippen LogP contribution >= 0.6 is 0 Å². The molecule has 3 fully saturated rings. The van der Waals surface area contributed by atoms with Crippen LogP contribution in [-0.4, -0.2) is 80.2 Å². The number of fused-ring (bicyclic) bond motifs is 3. The lowest BCUT2D eigenvalue weighted by atomic mass is 9.98. The Morgan fingerprint density at radius 1 is 0.829 bits per heavy atom. The van der Waals surface area contributed by atoms with Crippen LogP contribution in [0.4, 0.5) is 5.69 Å². The average Bonchev–Trinajstić information content (AvgIpc) is 3.29. The van der Waals surface area contributed by atoms with E-state index in [1.165, 1.54) is 0 Å². The highest BCUT2D eigenvalue weighted by Gasteiger charge is 2.62. The van der Waals surface area contributed by atoms with Gasteiger partial charge in [0.05, 0.1) is 20.2 Å². The Hall–Kier alpha value is -2.77. The van der Waals surface area contributed by atoms with Crippen molar-refractivity contribution in [2.45, 2.75) is 70.0 Å². The standard InChI is InChI=1S/C23H31N3O9/c1-22(2)32-16-17(33-22)19-21(35-23(3,4)34-19)31-18(16)20(29)25-10-14(27)24-11-15(28)26-12-6-8-13(30-5)9-7-12/h6-9,16-19,21H,10-11H2,1-5H3,(H,24,27)(H,25,29)(H,26,28)/t16-,17-,18+,19-,21+/m1/s1. The molecule has 0 spiro atoms. The fourth-order valence-electron chi connectivity index (χ4n) is 4.21. The van der Waals surface area contributed by atoms with Crippen LogP contribution < -0.4 is 20.7 Å². The summed E-state index contributed by atoms with van der Waals surface area (Å²) in [4.78, 5) is 37.2. The first-order valence-corrected chi connectivity index (χ1v) is 11.3. The second-order valence-electron chi connectivity index (χ2n) is 9.36. The zero-order valence-corrected chi connectivity index (χ0v) is 20.3. The fourth-order valence-corrected chi connectivity index (χ4v) is 4.21. The third kappa shape index (κ3) is 5.90. The lowest BCUT2D eigenvalue weighted by Crippen LogP contribution is -2.60. The molecule has 3 N–H and O–H groups in total. The highest BCUT2D eigenvalue weighted by atomic mass is 16.9. The molecule has 3 amide bonds. The molecular formula is C23H31N3O9. The molecule has 12 heteroatoms. The normalized spacial score (nSPS) is 30.0. The molecule has 1 aromatic carbocycles. The van der Waals surface area contributed by atoms with Gasteiger partial charge in [-0.25, -0.2) is 0 Å². The number of anilines is 1. The van der Waals surface area contributed by atoms with E-state index < -0.39 is 60.0 Å². The van der Waals surface area contributed by atoms with Crippen LogP contribution in [0.1, 0.15) is 27.7 Å². The van der Waals surface area contributed by atoms with Crippen molar-refractivity contribution >= 4 is 23.4 Å². The molecule has 0 bridgehead atoms. The third-order valence-corrected chi connectivity index (χ3v) is 5.66. The average molecular weight is 494 g/mol.